The van der Waals surface area contributed by atoms with Crippen molar-refractivity contribution >= 4 is 85.4 Å². The number of hydrogen-bond acceptors (Lipinski definition) is 8. The van der Waals surface area contributed by atoms with Crippen LogP contribution in [0.2, 0.25) is 0 Å². The molecule has 248 valence electrons. The number of ether oxygens (including phenoxy) is 2. The fourth-order valence-corrected chi connectivity index (χ4v) is 6.91. The molecular weight excluding hydrogens is 764 g/mol. The van der Waals surface area contributed by atoms with Gasteiger partial charge in [-0.25, -0.2) is 9.38 Å². The Labute approximate surface area is 297 Å². The number of para-hydroxylation sites is 1. The molecule has 0 bridgehead atoms. The fraction of sp³-hybridized carbons (Fsp3) is 0.114. The average molecular weight is 792 g/mol. The third kappa shape index (κ3) is 7.92. The van der Waals surface area contributed by atoms with Crippen molar-refractivity contribution in [2.24, 2.45) is 4.99 Å². The summed E-state index contributed by atoms with van der Waals surface area (Å²) in [4.78, 5) is 47.0. The van der Waals surface area contributed by atoms with Gasteiger partial charge in [0.15, 0.2) is 23.3 Å². The number of carbonyl (C=O) groups excluding carboxylic acids is 2. The number of H-pyrrole nitrogens is 1. The van der Waals surface area contributed by atoms with Gasteiger partial charge in [-0.05, 0) is 113 Å². The maximum Gasteiger partial charge on any atom is 0.269 e. The van der Waals surface area contributed by atoms with Crippen molar-refractivity contribution in [1.29, 1.82) is 0 Å². The van der Waals surface area contributed by atoms with E-state index in [4.69, 9.17) is 14.5 Å². The van der Waals surface area contributed by atoms with E-state index in [0.29, 0.717) is 55.0 Å². The molecule has 0 unspecified atom stereocenters. The summed E-state index contributed by atoms with van der Waals surface area (Å²) >= 11 is 3.27. The number of carbonyl (C=O) groups is 2. The number of halogens is 2. The van der Waals surface area contributed by atoms with Gasteiger partial charge in [-0.1, -0.05) is 18.2 Å². The molecule has 1 fully saturated rings. The van der Waals surface area contributed by atoms with Gasteiger partial charge in [0.1, 0.15) is 5.82 Å². The van der Waals surface area contributed by atoms with Crippen LogP contribution in [0.4, 0.5) is 21.5 Å². The van der Waals surface area contributed by atoms with E-state index >= 15 is 0 Å². The lowest BCUT2D eigenvalue weighted by Gasteiger charge is -2.15. The number of amides is 2. The van der Waals surface area contributed by atoms with E-state index in [1.165, 1.54) is 55.3 Å². The fourth-order valence-electron chi connectivity index (χ4n) is 5.10. The van der Waals surface area contributed by atoms with Crippen LogP contribution in [0, 0.1) is 19.5 Å². The van der Waals surface area contributed by atoms with Gasteiger partial charge in [0.25, 0.3) is 17.5 Å². The topological polar surface area (TPSA) is 139 Å². The number of benzene rings is 4. The second-order valence-corrected chi connectivity index (χ2v) is 12.9. The zero-order valence-electron chi connectivity index (χ0n) is 25.8. The number of fused-ring (bicyclic) bond motifs is 1. The molecule has 0 radical (unpaired) electrons. The molecule has 5 aromatic rings. The lowest BCUT2D eigenvalue weighted by molar-refractivity contribution is -0.384. The van der Waals surface area contributed by atoms with E-state index in [9.17, 15) is 24.1 Å². The Hall–Kier alpha value is -5.22. The molecule has 1 aromatic heterocycles. The highest BCUT2D eigenvalue weighted by Crippen LogP contribution is 2.38. The number of thioether (sulfide) groups is 1. The molecule has 0 spiro atoms. The second-order valence-electron chi connectivity index (χ2n) is 10.7. The number of amidine groups is 1. The third-order valence-electron chi connectivity index (χ3n) is 7.48. The van der Waals surface area contributed by atoms with Gasteiger partial charge in [0.2, 0.25) is 0 Å². The molecule has 2 heterocycles. The smallest absolute Gasteiger partial charge is 0.269 e. The minimum atomic E-state index is -0.478. The number of nitro groups is 1. The number of aromatic nitrogens is 1. The summed E-state index contributed by atoms with van der Waals surface area (Å²) in [6.45, 7) is 0.0385. The summed E-state index contributed by atoms with van der Waals surface area (Å²) < 4.78 is 25.2. The molecule has 1 saturated heterocycles. The summed E-state index contributed by atoms with van der Waals surface area (Å²) in [5, 5.41) is 15.3. The summed E-state index contributed by atoms with van der Waals surface area (Å²) in [5.41, 5.74) is 3.57. The molecular formula is C35H27FIN5O6S. The van der Waals surface area contributed by atoms with Crippen LogP contribution in [0.1, 0.15) is 11.1 Å². The first kappa shape index (κ1) is 33.7. The highest BCUT2D eigenvalue weighted by atomic mass is 127. The number of aliphatic imine (C=N–C) groups is 1. The number of methoxy groups -OCH3 is 1. The van der Waals surface area contributed by atoms with Crippen molar-refractivity contribution in [3.05, 3.63) is 127 Å². The van der Waals surface area contributed by atoms with Crippen LogP contribution in [-0.2, 0) is 16.0 Å². The molecule has 2 amide bonds. The van der Waals surface area contributed by atoms with Crippen LogP contribution in [0.25, 0.3) is 17.0 Å². The quantitative estimate of drug-likeness (QED) is 0.0606. The number of nitro benzene ring substituents is 1. The van der Waals surface area contributed by atoms with Crippen molar-refractivity contribution in [2.75, 3.05) is 25.6 Å². The third-order valence-corrected chi connectivity index (χ3v) is 9.29. The van der Waals surface area contributed by atoms with Gasteiger partial charge in [0.05, 0.1) is 26.2 Å². The summed E-state index contributed by atoms with van der Waals surface area (Å²) in [6, 6.07) is 22.7. The Morgan fingerprint density at radius 3 is 2.61 bits per heavy atom. The number of non-ortho nitro benzene ring substituents is 1. The van der Waals surface area contributed by atoms with Gasteiger partial charge in [-0.3, -0.25) is 24.6 Å². The minimum Gasteiger partial charge on any atom is -0.493 e. The molecule has 49 heavy (non-hydrogen) atoms. The number of nitrogens with zero attached hydrogens (tertiary/aromatic N) is 3. The van der Waals surface area contributed by atoms with Crippen molar-refractivity contribution in [3.63, 3.8) is 0 Å². The normalized spacial score (nSPS) is 14.5. The number of hydrogen-bond donors (Lipinski definition) is 2. The summed E-state index contributed by atoms with van der Waals surface area (Å²) in [7, 11) is 1.48. The SMILES string of the molecule is COc1cc(/C=C2\SC(=Nc3ccc([N+](=O)[O-])cc3)N(CCc3c[nH]c4ccccc34)C2=O)cc(I)c1OCC(=O)Nc1ccc(F)cc1. The maximum atomic E-state index is 13.9. The Balaban J connectivity index is 1.24. The highest BCUT2D eigenvalue weighted by Gasteiger charge is 2.33. The number of rotatable bonds is 11. The standard InChI is InChI=1S/C35H27FIN5O6S/c1-47-30-17-21(16-28(37)33(30)48-20-32(43)39-24-8-6-23(36)7-9-24)18-31-34(44)41(15-14-22-19-38-29-5-3-2-4-27(22)29)35(49-31)40-25-10-12-26(13-11-25)42(45)46/h2-13,16-19,38H,14-15,20H2,1H3,(H,39,43)/b31-18-,40-35?. The second kappa shape index (κ2) is 14.9. The molecule has 2 N–H and O–H groups in total. The lowest BCUT2D eigenvalue weighted by atomic mass is 10.1. The van der Waals surface area contributed by atoms with Gasteiger partial charge < -0.3 is 19.8 Å². The van der Waals surface area contributed by atoms with Crippen molar-refractivity contribution in [2.45, 2.75) is 6.42 Å². The molecule has 6 rings (SSSR count). The van der Waals surface area contributed by atoms with Crippen LogP contribution in [0.3, 0.4) is 0 Å². The minimum absolute atomic E-state index is 0.0552. The van der Waals surface area contributed by atoms with Gasteiger partial charge in [0, 0.05) is 41.5 Å². The van der Waals surface area contributed by atoms with Gasteiger partial charge >= 0.3 is 0 Å². The van der Waals surface area contributed by atoms with Crippen LogP contribution in [0.5, 0.6) is 11.5 Å². The first-order chi connectivity index (χ1) is 23.7. The largest absolute Gasteiger partial charge is 0.493 e. The van der Waals surface area contributed by atoms with E-state index in [2.05, 4.69) is 32.9 Å². The first-order valence-corrected chi connectivity index (χ1v) is 16.7. The predicted molar refractivity (Wildman–Crippen MR) is 196 cm³/mol. The Kier molecular flexibility index (Phi) is 10.2. The molecule has 11 nitrogen and oxygen atoms in total. The maximum absolute atomic E-state index is 13.9. The molecule has 0 saturated carbocycles. The molecule has 1 aliphatic rings. The van der Waals surface area contributed by atoms with Crippen LogP contribution in [-0.4, -0.2) is 52.1 Å². The van der Waals surface area contributed by atoms with E-state index in [0.717, 1.165) is 16.5 Å². The van der Waals surface area contributed by atoms with Crippen LogP contribution >= 0.6 is 34.4 Å². The van der Waals surface area contributed by atoms with Crippen LogP contribution in [0.15, 0.2) is 101 Å². The highest BCUT2D eigenvalue weighted by molar-refractivity contribution is 14.1. The lowest BCUT2D eigenvalue weighted by Crippen LogP contribution is -2.31. The number of nitrogens with one attached hydrogen (secondary N) is 2. The average Bonchev–Trinajstić information content (AvgIpc) is 3.63. The van der Waals surface area contributed by atoms with Crippen molar-refractivity contribution in [1.82, 2.24) is 9.88 Å². The van der Waals surface area contributed by atoms with E-state index < -0.39 is 16.6 Å². The summed E-state index contributed by atoms with van der Waals surface area (Å²) in [6.07, 6.45) is 4.24. The molecule has 14 heteroatoms. The Bertz CT molecular complexity index is 2120. The monoisotopic (exact) mass is 791 g/mol. The first-order valence-electron chi connectivity index (χ1n) is 14.8. The summed E-state index contributed by atoms with van der Waals surface area (Å²) in [5.74, 6) is -0.369. The molecule has 0 aliphatic carbocycles. The molecule has 4 aromatic carbocycles. The zero-order chi connectivity index (χ0) is 34.5. The van der Waals surface area contributed by atoms with Crippen molar-refractivity contribution < 1.29 is 28.4 Å². The van der Waals surface area contributed by atoms with Crippen molar-refractivity contribution in [3.8, 4) is 11.5 Å². The van der Waals surface area contributed by atoms with E-state index in [-0.39, 0.29) is 18.2 Å². The Morgan fingerprint density at radius 2 is 1.88 bits per heavy atom. The predicted octanol–water partition coefficient (Wildman–Crippen LogP) is 7.69. The van der Waals surface area contributed by atoms with Gasteiger partial charge in [-0.15, -0.1) is 0 Å². The zero-order valence-corrected chi connectivity index (χ0v) is 28.8. The van der Waals surface area contributed by atoms with Gasteiger partial charge in [-0.2, -0.15) is 0 Å². The molecule has 1 aliphatic heterocycles. The van der Waals surface area contributed by atoms with E-state index in [1.807, 2.05) is 30.5 Å². The number of aromatic amines is 1. The Morgan fingerprint density at radius 1 is 1.12 bits per heavy atom. The van der Waals surface area contributed by atoms with Crippen LogP contribution < -0.4 is 14.8 Å². The van der Waals surface area contributed by atoms with E-state index in [1.54, 1.807) is 35.2 Å². The number of anilines is 1. The molecule has 0 atom stereocenters.